The summed E-state index contributed by atoms with van der Waals surface area (Å²) >= 11 is 0. The molecule has 3 aromatic rings. The Bertz CT molecular complexity index is 1060. The van der Waals surface area contributed by atoms with Crippen LogP contribution in [0, 0.1) is 0 Å². The molecule has 1 aromatic heterocycles. The lowest BCUT2D eigenvalue weighted by Gasteiger charge is -2.07. The van der Waals surface area contributed by atoms with Crippen LogP contribution < -0.4 is 15.0 Å². The highest BCUT2D eigenvalue weighted by molar-refractivity contribution is 5.87. The third-order valence-corrected chi connectivity index (χ3v) is 3.78. The molecule has 0 saturated carbocycles. The number of methoxy groups -OCH3 is 2. The van der Waals surface area contributed by atoms with E-state index in [-0.39, 0.29) is 12.3 Å². The Kier molecular flexibility index (Phi) is 5.46. The van der Waals surface area contributed by atoms with Gasteiger partial charge in [-0.3, -0.25) is 4.79 Å². The van der Waals surface area contributed by atoms with Crippen LogP contribution in [0.4, 0.5) is 0 Å². The number of benzene rings is 2. The fourth-order valence-corrected chi connectivity index (χ4v) is 2.40. The number of esters is 1. The molecule has 0 fully saturated rings. The van der Waals surface area contributed by atoms with Crippen LogP contribution in [0.2, 0.25) is 0 Å². The second-order valence-electron chi connectivity index (χ2n) is 5.45. The van der Waals surface area contributed by atoms with Crippen LogP contribution in [-0.4, -0.2) is 35.2 Å². The van der Waals surface area contributed by atoms with Crippen molar-refractivity contribution in [1.29, 1.82) is 0 Å². The van der Waals surface area contributed by atoms with Crippen LogP contribution in [0.5, 0.6) is 11.5 Å². The zero-order chi connectivity index (χ0) is 19.2. The smallest absolute Gasteiger partial charge is 0.332 e. The van der Waals surface area contributed by atoms with Crippen molar-refractivity contribution in [3.05, 3.63) is 64.5 Å². The average Bonchev–Trinajstić information content (AvgIpc) is 2.71. The van der Waals surface area contributed by atoms with Gasteiger partial charge in [0.05, 0.1) is 19.6 Å². The molecule has 8 heteroatoms. The first-order chi connectivity index (χ1) is 13.1. The van der Waals surface area contributed by atoms with Gasteiger partial charge in [0.25, 0.3) is 5.56 Å². The molecule has 0 aliphatic rings. The zero-order valence-corrected chi connectivity index (χ0v) is 14.8. The van der Waals surface area contributed by atoms with Crippen molar-refractivity contribution in [2.24, 2.45) is 0 Å². The van der Waals surface area contributed by atoms with E-state index >= 15 is 0 Å². The number of hydrogen-bond acceptors (Lipinski definition) is 7. The van der Waals surface area contributed by atoms with Gasteiger partial charge in [-0.2, -0.15) is 4.68 Å². The van der Waals surface area contributed by atoms with Crippen LogP contribution in [0.15, 0.2) is 53.3 Å². The van der Waals surface area contributed by atoms with E-state index in [0.717, 1.165) is 10.2 Å². The lowest BCUT2D eigenvalue weighted by atomic mass is 10.2. The van der Waals surface area contributed by atoms with E-state index in [9.17, 15) is 9.59 Å². The van der Waals surface area contributed by atoms with E-state index in [4.69, 9.17) is 14.2 Å². The molecule has 0 N–H and O–H groups in total. The Hall–Kier alpha value is -3.68. The standard InChI is InChI=1S/C19H17N3O5/c1-25-16-9-7-13(11-17(16)26-2)8-10-18(23)27-12-22-19(24)14-5-3-4-6-15(14)20-21-22/h3-11H,12H2,1-2H3. The first kappa shape index (κ1) is 18.1. The van der Waals surface area contributed by atoms with Gasteiger partial charge in [0.1, 0.15) is 5.52 Å². The number of hydrogen-bond donors (Lipinski definition) is 0. The van der Waals surface area contributed by atoms with Crippen LogP contribution in [-0.2, 0) is 16.3 Å². The highest BCUT2D eigenvalue weighted by Gasteiger charge is 2.07. The predicted octanol–water partition coefficient (Wildman–Crippen LogP) is 2.02. The van der Waals surface area contributed by atoms with E-state index in [0.29, 0.717) is 22.4 Å². The van der Waals surface area contributed by atoms with Gasteiger partial charge in [-0.25, -0.2) is 4.79 Å². The minimum atomic E-state index is -0.619. The molecule has 2 aromatic carbocycles. The Balaban J connectivity index is 1.67. The molecule has 0 aliphatic carbocycles. The summed E-state index contributed by atoms with van der Waals surface area (Å²) in [5, 5.41) is 8.09. The predicted molar refractivity (Wildman–Crippen MR) is 98.5 cm³/mol. The van der Waals surface area contributed by atoms with E-state index in [1.54, 1.807) is 55.7 Å². The van der Waals surface area contributed by atoms with Crippen LogP contribution >= 0.6 is 0 Å². The largest absolute Gasteiger partial charge is 0.493 e. The van der Waals surface area contributed by atoms with Gasteiger partial charge < -0.3 is 14.2 Å². The number of fused-ring (bicyclic) bond motifs is 1. The van der Waals surface area contributed by atoms with E-state index < -0.39 is 5.97 Å². The Labute approximate surface area is 154 Å². The molecule has 0 aliphatic heterocycles. The number of nitrogens with zero attached hydrogens (tertiary/aromatic N) is 3. The topological polar surface area (TPSA) is 92.5 Å². The summed E-state index contributed by atoms with van der Waals surface area (Å²) in [6.45, 7) is -0.328. The molecular formula is C19H17N3O5. The van der Waals surface area contributed by atoms with Crippen molar-refractivity contribution in [3.8, 4) is 11.5 Å². The maximum absolute atomic E-state index is 12.3. The van der Waals surface area contributed by atoms with Gasteiger partial charge in [0.2, 0.25) is 0 Å². The molecule has 0 spiro atoms. The summed E-state index contributed by atoms with van der Waals surface area (Å²) in [5.41, 5.74) is 0.836. The first-order valence-electron chi connectivity index (χ1n) is 8.02. The normalized spacial score (nSPS) is 10.9. The minimum Gasteiger partial charge on any atom is -0.493 e. The molecule has 0 saturated heterocycles. The maximum Gasteiger partial charge on any atom is 0.332 e. The van der Waals surface area contributed by atoms with Gasteiger partial charge in [0, 0.05) is 6.08 Å². The van der Waals surface area contributed by atoms with Gasteiger partial charge in [-0.05, 0) is 35.9 Å². The van der Waals surface area contributed by atoms with Crippen molar-refractivity contribution < 1.29 is 19.0 Å². The number of carbonyl (C=O) groups excluding carboxylic acids is 1. The molecule has 0 unspecified atom stereocenters. The monoisotopic (exact) mass is 367 g/mol. The molecule has 3 rings (SSSR count). The average molecular weight is 367 g/mol. The summed E-state index contributed by atoms with van der Waals surface area (Å²) in [6, 6.07) is 12.0. The number of ether oxygens (including phenoxy) is 3. The summed E-state index contributed by atoms with van der Waals surface area (Å²) in [6.07, 6.45) is 2.82. The maximum atomic E-state index is 12.3. The third-order valence-electron chi connectivity index (χ3n) is 3.78. The molecule has 0 bridgehead atoms. The Morgan fingerprint density at radius 3 is 2.67 bits per heavy atom. The fourth-order valence-electron chi connectivity index (χ4n) is 2.40. The lowest BCUT2D eigenvalue weighted by molar-refractivity contribution is -0.141. The SMILES string of the molecule is COc1ccc(C=CC(=O)OCn2nnc3ccccc3c2=O)cc1OC. The fraction of sp³-hybridized carbons (Fsp3) is 0.158. The van der Waals surface area contributed by atoms with Gasteiger partial charge >= 0.3 is 5.97 Å². The van der Waals surface area contributed by atoms with Crippen molar-refractivity contribution in [3.63, 3.8) is 0 Å². The number of rotatable bonds is 6. The zero-order valence-electron chi connectivity index (χ0n) is 14.8. The van der Waals surface area contributed by atoms with Crippen LogP contribution in [0.25, 0.3) is 17.0 Å². The van der Waals surface area contributed by atoms with Gasteiger partial charge in [-0.15, -0.1) is 5.10 Å². The van der Waals surface area contributed by atoms with Crippen molar-refractivity contribution in [2.45, 2.75) is 6.73 Å². The molecule has 0 radical (unpaired) electrons. The quantitative estimate of drug-likeness (QED) is 0.486. The molecule has 0 atom stereocenters. The molecule has 1 heterocycles. The third kappa shape index (κ3) is 4.12. The van der Waals surface area contributed by atoms with E-state index in [1.807, 2.05) is 0 Å². The Morgan fingerprint density at radius 1 is 1.11 bits per heavy atom. The van der Waals surface area contributed by atoms with Gasteiger partial charge in [-0.1, -0.05) is 23.4 Å². The summed E-state index contributed by atoms with van der Waals surface area (Å²) in [5.74, 6) is 0.518. The second-order valence-corrected chi connectivity index (χ2v) is 5.45. The van der Waals surface area contributed by atoms with Crippen molar-refractivity contribution in [2.75, 3.05) is 14.2 Å². The summed E-state index contributed by atoms with van der Waals surface area (Å²) in [7, 11) is 3.07. The lowest BCUT2D eigenvalue weighted by Crippen LogP contribution is -2.26. The highest BCUT2D eigenvalue weighted by Crippen LogP contribution is 2.27. The van der Waals surface area contributed by atoms with E-state index in [1.165, 1.54) is 13.2 Å². The van der Waals surface area contributed by atoms with Gasteiger partial charge in [0.15, 0.2) is 18.2 Å². The number of aromatic nitrogens is 3. The van der Waals surface area contributed by atoms with Crippen molar-refractivity contribution in [1.82, 2.24) is 15.0 Å². The summed E-state index contributed by atoms with van der Waals surface area (Å²) in [4.78, 5) is 24.2. The van der Waals surface area contributed by atoms with Crippen molar-refractivity contribution >= 4 is 22.9 Å². The van der Waals surface area contributed by atoms with Crippen LogP contribution in [0.3, 0.4) is 0 Å². The van der Waals surface area contributed by atoms with Crippen LogP contribution in [0.1, 0.15) is 5.56 Å². The Morgan fingerprint density at radius 2 is 1.89 bits per heavy atom. The summed E-state index contributed by atoms with van der Waals surface area (Å²) < 4.78 is 16.4. The molecular weight excluding hydrogens is 350 g/mol. The molecule has 8 nitrogen and oxygen atoms in total. The van der Waals surface area contributed by atoms with E-state index in [2.05, 4.69) is 10.3 Å². The number of carbonyl (C=O) groups is 1. The molecule has 138 valence electrons. The minimum absolute atomic E-state index is 0.328. The highest BCUT2D eigenvalue weighted by atomic mass is 16.5. The molecule has 27 heavy (non-hydrogen) atoms. The first-order valence-corrected chi connectivity index (χ1v) is 8.02. The second kappa shape index (κ2) is 8.13. The molecule has 0 amide bonds.